The van der Waals surface area contributed by atoms with Crippen molar-refractivity contribution in [3.05, 3.63) is 70.4 Å². The summed E-state index contributed by atoms with van der Waals surface area (Å²) in [6.07, 6.45) is -0.135. The number of aliphatic imine (C=N–C) groups is 1. The van der Waals surface area contributed by atoms with Crippen LogP contribution in [0.3, 0.4) is 0 Å². The van der Waals surface area contributed by atoms with Crippen LogP contribution in [0.4, 0.5) is 13.2 Å². The zero-order valence-electron chi connectivity index (χ0n) is 16.4. The summed E-state index contributed by atoms with van der Waals surface area (Å²) < 4.78 is 41.8. The molecule has 154 valence electrons. The standard InChI is InChI=1S/C23H19F3N2O2/c1-13(2)22-18(6-7-21(29)30)19-8-14-11-27-12-15(14)9-20(19)28(22)17-5-3-4-16(10-17)23(24,25)26/h3-10,12-13H,11H2,1-2H3,(H,29,30)/b7-6+. The number of fused-ring (bicyclic) bond motifs is 2. The lowest BCUT2D eigenvalue weighted by molar-refractivity contribution is -0.137. The van der Waals surface area contributed by atoms with E-state index in [9.17, 15) is 18.0 Å². The fourth-order valence-electron chi connectivity index (χ4n) is 3.94. The lowest BCUT2D eigenvalue weighted by atomic mass is 10.0. The van der Waals surface area contributed by atoms with Gasteiger partial charge in [0.1, 0.15) is 0 Å². The van der Waals surface area contributed by atoms with Gasteiger partial charge >= 0.3 is 12.1 Å². The maximum Gasteiger partial charge on any atom is 0.416 e. The molecule has 0 amide bonds. The molecule has 1 aromatic heterocycles. The van der Waals surface area contributed by atoms with E-state index >= 15 is 0 Å². The maximum absolute atomic E-state index is 13.3. The van der Waals surface area contributed by atoms with E-state index in [0.717, 1.165) is 45.9 Å². The van der Waals surface area contributed by atoms with Gasteiger partial charge in [-0.2, -0.15) is 13.2 Å². The number of aromatic nitrogens is 1. The van der Waals surface area contributed by atoms with Crippen molar-refractivity contribution < 1.29 is 23.1 Å². The van der Waals surface area contributed by atoms with Gasteiger partial charge in [-0.25, -0.2) is 4.79 Å². The number of aliphatic carboxylic acids is 1. The molecule has 0 spiro atoms. The van der Waals surface area contributed by atoms with Crippen molar-refractivity contribution in [1.29, 1.82) is 0 Å². The van der Waals surface area contributed by atoms with Gasteiger partial charge in [-0.1, -0.05) is 19.9 Å². The molecule has 1 N–H and O–H groups in total. The topological polar surface area (TPSA) is 54.6 Å². The first-order chi connectivity index (χ1) is 14.2. The minimum atomic E-state index is -4.46. The summed E-state index contributed by atoms with van der Waals surface area (Å²) in [6, 6.07) is 9.04. The molecule has 7 heteroatoms. The van der Waals surface area contributed by atoms with Crippen molar-refractivity contribution in [3.63, 3.8) is 0 Å². The molecule has 0 atom stereocenters. The second kappa shape index (κ2) is 7.16. The number of alkyl halides is 3. The predicted molar refractivity (Wildman–Crippen MR) is 110 cm³/mol. The normalized spacial score (nSPS) is 13.7. The highest BCUT2D eigenvalue weighted by Crippen LogP contribution is 2.38. The molecule has 0 bridgehead atoms. The minimum Gasteiger partial charge on any atom is -0.478 e. The van der Waals surface area contributed by atoms with E-state index in [1.54, 1.807) is 16.8 Å². The molecule has 1 aliphatic heterocycles. The van der Waals surface area contributed by atoms with Gasteiger partial charge in [0.15, 0.2) is 0 Å². The molecule has 2 aromatic carbocycles. The van der Waals surface area contributed by atoms with Crippen molar-refractivity contribution in [1.82, 2.24) is 4.57 Å². The number of rotatable bonds is 4. The Hall–Kier alpha value is -3.35. The Morgan fingerprint density at radius 1 is 1.23 bits per heavy atom. The van der Waals surface area contributed by atoms with E-state index in [2.05, 4.69) is 4.99 Å². The van der Waals surface area contributed by atoms with Crippen LogP contribution in [0.2, 0.25) is 0 Å². The zero-order valence-corrected chi connectivity index (χ0v) is 16.4. The molecular formula is C23H19F3N2O2. The Balaban J connectivity index is 2.09. The Labute approximate surface area is 171 Å². The Morgan fingerprint density at radius 3 is 2.67 bits per heavy atom. The largest absolute Gasteiger partial charge is 0.478 e. The lowest BCUT2D eigenvalue weighted by Crippen LogP contribution is -2.08. The highest BCUT2D eigenvalue weighted by Gasteiger charge is 2.31. The van der Waals surface area contributed by atoms with E-state index < -0.39 is 17.7 Å². The quantitative estimate of drug-likeness (QED) is 0.551. The van der Waals surface area contributed by atoms with Gasteiger partial charge in [0, 0.05) is 34.6 Å². The first-order valence-electron chi connectivity index (χ1n) is 9.46. The van der Waals surface area contributed by atoms with Crippen LogP contribution in [0.5, 0.6) is 0 Å². The van der Waals surface area contributed by atoms with Crippen molar-refractivity contribution in [2.45, 2.75) is 32.5 Å². The molecule has 0 radical (unpaired) electrons. The average Bonchev–Trinajstić information content (AvgIpc) is 3.25. The highest BCUT2D eigenvalue weighted by molar-refractivity contribution is 6.00. The lowest BCUT2D eigenvalue weighted by Gasteiger charge is -2.16. The van der Waals surface area contributed by atoms with Gasteiger partial charge in [0.2, 0.25) is 0 Å². The van der Waals surface area contributed by atoms with Gasteiger partial charge in [-0.15, -0.1) is 0 Å². The van der Waals surface area contributed by atoms with Crippen LogP contribution in [-0.4, -0.2) is 21.9 Å². The summed E-state index contributed by atoms with van der Waals surface area (Å²) >= 11 is 0. The summed E-state index contributed by atoms with van der Waals surface area (Å²) in [5.74, 6) is -1.15. The van der Waals surface area contributed by atoms with Crippen LogP contribution < -0.4 is 0 Å². The maximum atomic E-state index is 13.3. The van der Waals surface area contributed by atoms with Crippen molar-refractivity contribution >= 4 is 29.2 Å². The van der Waals surface area contributed by atoms with Crippen LogP contribution in [0, 0.1) is 0 Å². The number of hydrogen-bond donors (Lipinski definition) is 1. The smallest absolute Gasteiger partial charge is 0.416 e. The molecule has 0 aliphatic carbocycles. The van der Waals surface area contributed by atoms with Crippen molar-refractivity contribution in [2.24, 2.45) is 4.99 Å². The number of carbonyl (C=O) groups is 1. The van der Waals surface area contributed by atoms with Crippen LogP contribution in [0.1, 0.15) is 47.7 Å². The van der Waals surface area contributed by atoms with Gasteiger partial charge in [0.25, 0.3) is 0 Å². The van der Waals surface area contributed by atoms with Crippen LogP contribution in [-0.2, 0) is 17.5 Å². The van der Waals surface area contributed by atoms with Gasteiger partial charge in [-0.3, -0.25) is 4.99 Å². The molecule has 1 aliphatic rings. The van der Waals surface area contributed by atoms with Gasteiger partial charge in [0.05, 0.1) is 17.6 Å². The number of benzene rings is 2. The van der Waals surface area contributed by atoms with E-state index in [1.165, 1.54) is 12.1 Å². The van der Waals surface area contributed by atoms with Gasteiger partial charge < -0.3 is 9.67 Å². The number of carboxylic acids is 1. The first-order valence-corrected chi connectivity index (χ1v) is 9.46. The van der Waals surface area contributed by atoms with Crippen molar-refractivity contribution in [2.75, 3.05) is 0 Å². The van der Waals surface area contributed by atoms with Crippen LogP contribution in [0.15, 0.2) is 47.5 Å². The second-order valence-electron chi connectivity index (χ2n) is 7.55. The summed E-state index contributed by atoms with van der Waals surface area (Å²) in [4.78, 5) is 15.4. The van der Waals surface area contributed by atoms with Crippen LogP contribution in [0.25, 0.3) is 22.7 Å². The molecular weight excluding hydrogens is 393 g/mol. The molecule has 0 unspecified atom stereocenters. The Kier molecular flexibility index (Phi) is 4.76. The summed E-state index contributed by atoms with van der Waals surface area (Å²) in [7, 11) is 0. The fraction of sp³-hybridized carbons (Fsp3) is 0.217. The monoisotopic (exact) mass is 412 g/mol. The second-order valence-corrected chi connectivity index (χ2v) is 7.55. The minimum absolute atomic E-state index is 0.0658. The third kappa shape index (κ3) is 3.40. The van der Waals surface area contributed by atoms with E-state index in [0.29, 0.717) is 17.8 Å². The molecule has 30 heavy (non-hydrogen) atoms. The Morgan fingerprint density at radius 2 is 2.00 bits per heavy atom. The third-order valence-corrected chi connectivity index (χ3v) is 5.17. The number of carboxylic acid groups (broad SMARTS) is 1. The number of nitrogens with zero attached hydrogens (tertiary/aromatic N) is 2. The summed E-state index contributed by atoms with van der Waals surface area (Å²) in [6.45, 7) is 4.40. The van der Waals surface area contributed by atoms with E-state index in [4.69, 9.17) is 5.11 Å². The third-order valence-electron chi connectivity index (χ3n) is 5.17. The number of halogens is 3. The molecule has 4 rings (SSSR count). The average molecular weight is 412 g/mol. The Bertz CT molecular complexity index is 1220. The SMILES string of the molecule is CC(C)c1c(/C=C/C(=O)O)c2cc3c(cc2n1-c1cccc(C(F)(F)F)c1)C=NC3. The molecule has 0 fully saturated rings. The zero-order chi connectivity index (χ0) is 21.6. The molecule has 0 saturated heterocycles. The molecule has 3 aromatic rings. The predicted octanol–water partition coefficient (Wildman–Crippen LogP) is 5.80. The molecule has 0 saturated carbocycles. The molecule has 4 nitrogen and oxygen atoms in total. The first kappa shape index (κ1) is 19.9. The van der Waals surface area contributed by atoms with Crippen LogP contribution >= 0.6 is 0 Å². The van der Waals surface area contributed by atoms with Gasteiger partial charge in [-0.05, 0) is 53.5 Å². The van der Waals surface area contributed by atoms with E-state index in [1.807, 2.05) is 26.0 Å². The fourth-order valence-corrected chi connectivity index (χ4v) is 3.94. The van der Waals surface area contributed by atoms with Crippen molar-refractivity contribution in [3.8, 4) is 5.69 Å². The molecule has 2 heterocycles. The summed E-state index contributed by atoms with van der Waals surface area (Å²) in [5, 5.41) is 9.93. The number of hydrogen-bond acceptors (Lipinski definition) is 2. The van der Waals surface area contributed by atoms with E-state index in [-0.39, 0.29) is 5.92 Å². The summed E-state index contributed by atoms with van der Waals surface area (Å²) in [5.41, 5.74) is 3.72. The highest BCUT2D eigenvalue weighted by atomic mass is 19.4.